The van der Waals surface area contributed by atoms with E-state index in [4.69, 9.17) is 9.47 Å². The van der Waals surface area contributed by atoms with Gasteiger partial charge in [-0.1, -0.05) is 89.4 Å². The first-order valence-corrected chi connectivity index (χ1v) is 14.1. The molecular weight excluding hydrogens is 486 g/mol. The lowest BCUT2D eigenvalue weighted by Gasteiger charge is -2.25. The van der Waals surface area contributed by atoms with Gasteiger partial charge in [0.2, 0.25) is 5.91 Å². The summed E-state index contributed by atoms with van der Waals surface area (Å²) in [4.78, 5) is 13.5. The van der Waals surface area contributed by atoms with E-state index in [1.807, 2.05) is 66.7 Å². The average Bonchev–Trinajstić information content (AvgIpc) is 2.91. The van der Waals surface area contributed by atoms with E-state index < -0.39 is 6.10 Å². The Kier molecular flexibility index (Phi) is 11.0. The van der Waals surface area contributed by atoms with E-state index in [9.17, 15) is 9.90 Å². The van der Waals surface area contributed by atoms with Crippen LogP contribution in [0.3, 0.4) is 0 Å². The normalized spacial score (nSPS) is 13.0. The minimum absolute atomic E-state index is 0.0233. The summed E-state index contributed by atoms with van der Waals surface area (Å²) in [5.41, 5.74) is 4.50. The third kappa shape index (κ3) is 8.86. The van der Waals surface area contributed by atoms with Gasteiger partial charge in [-0.05, 0) is 65.6 Å². The van der Waals surface area contributed by atoms with Gasteiger partial charge in [0.1, 0.15) is 18.1 Å². The van der Waals surface area contributed by atoms with Crippen LogP contribution in [0.15, 0.2) is 66.7 Å². The van der Waals surface area contributed by atoms with Crippen molar-refractivity contribution < 1.29 is 19.4 Å². The average molecular weight is 532 g/mol. The Labute approximate surface area is 234 Å². The number of unbranched alkanes of at least 4 members (excludes halogenated alkanes) is 2. The number of ether oxygens (including phenoxy) is 2. The van der Waals surface area contributed by atoms with Gasteiger partial charge < -0.3 is 19.9 Å². The van der Waals surface area contributed by atoms with E-state index in [2.05, 4.69) is 33.0 Å². The SMILES string of the molecule is CCCCCC(CC(=O)Nc1cc(C(C)O)ccc1C(C)(C)C)c1cc(OCc2ccccc2)ccc1OC. The van der Waals surface area contributed by atoms with Crippen molar-refractivity contribution in [1.82, 2.24) is 0 Å². The molecule has 0 bridgehead atoms. The number of amides is 1. The van der Waals surface area contributed by atoms with Crippen molar-refractivity contribution in [3.63, 3.8) is 0 Å². The van der Waals surface area contributed by atoms with Crippen molar-refractivity contribution in [2.24, 2.45) is 0 Å². The summed E-state index contributed by atoms with van der Waals surface area (Å²) in [6.07, 6.45) is 3.83. The van der Waals surface area contributed by atoms with Gasteiger partial charge in [-0.2, -0.15) is 0 Å². The number of hydrogen-bond donors (Lipinski definition) is 2. The van der Waals surface area contributed by atoms with Crippen LogP contribution in [-0.2, 0) is 16.8 Å². The number of aliphatic hydroxyl groups excluding tert-OH is 1. The number of rotatable bonds is 13. The van der Waals surface area contributed by atoms with Gasteiger partial charge in [-0.15, -0.1) is 0 Å². The highest BCUT2D eigenvalue weighted by molar-refractivity contribution is 5.92. The molecule has 0 saturated heterocycles. The van der Waals surface area contributed by atoms with Crippen LogP contribution in [0.1, 0.15) is 101 Å². The molecule has 0 heterocycles. The molecule has 0 aromatic heterocycles. The van der Waals surface area contributed by atoms with Crippen molar-refractivity contribution in [3.05, 3.63) is 89.0 Å². The number of hydrogen-bond acceptors (Lipinski definition) is 4. The highest BCUT2D eigenvalue weighted by Crippen LogP contribution is 2.37. The van der Waals surface area contributed by atoms with E-state index in [0.717, 1.165) is 65.1 Å². The first-order chi connectivity index (χ1) is 18.6. The van der Waals surface area contributed by atoms with Crippen molar-refractivity contribution in [3.8, 4) is 11.5 Å². The van der Waals surface area contributed by atoms with Crippen LogP contribution in [0.5, 0.6) is 11.5 Å². The number of carbonyl (C=O) groups excluding carboxylic acids is 1. The van der Waals surface area contributed by atoms with Crippen molar-refractivity contribution in [2.45, 2.75) is 90.8 Å². The molecule has 5 nitrogen and oxygen atoms in total. The van der Waals surface area contributed by atoms with Crippen LogP contribution in [0, 0.1) is 0 Å². The predicted octanol–water partition coefficient (Wildman–Crippen LogP) is 8.32. The lowest BCUT2D eigenvalue weighted by molar-refractivity contribution is -0.116. The molecule has 0 fully saturated rings. The van der Waals surface area contributed by atoms with Gasteiger partial charge >= 0.3 is 0 Å². The fourth-order valence-corrected chi connectivity index (χ4v) is 4.87. The molecule has 5 heteroatoms. The summed E-state index contributed by atoms with van der Waals surface area (Å²) in [5.74, 6) is 1.45. The van der Waals surface area contributed by atoms with Crippen molar-refractivity contribution in [1.29, 1.82) is 0 Å². The summed E-state index contributed by atoms with van der Waals surface area (Å²) in [6, 6.07) is 21.8. The molecule has 3 aromatic carbocycles. The number of benzene rings is 3. The molecule has 1 amide bonds. The fourth-order valence-electron chi connectivity index (χ4n) is 4.87. The maximum Gasteiger partial charge on any atom is 0.224 e. The first kappa shape index (κ1) is 30.2. The van der Waals surface area contributed by atoms with Gasteiger partial charge in [-0.25, -0.2) is 0 Å². The molecule has 0 saturated carbocycles. The molecule has 0 aliphatic carbocycles. The van der Waals surface area contributed by atoms with Crippen molar-refractivity contribution in [2.75, 3.05) is 12.4 Å². The molecule has 0 aliphatic heterocycles. The zero-order valence-corrected chi connectivity index (χ0v) is 24.4. The van der Waals surface area contributed by atoms with Crippen LogP contribution in [-0.4, -0.2) is 18.1 Å². The van der Waals surface area contributed by atoms with Gasteiger partial charge in [0.05, 0.1) is 13.2 Å². The molecule has 3 rings (SSSR count). The minimum Gasteiger partial charge on any atom is -0.496 e. The Hall–Kier alpha value is -3.31. The molecule has 2 N–H and O–H groups in total. The number of nitrogens with one attached hydrogen (secondary N) is 1. The fraction of sp³-hybridized carbons (Fsp3) is 0.441. The van der Waals surface area contributed by atoms with Crippen LogP contribution in [0.25, 0.3) is 0 Å². The molecule has 0 radical (unpaired) electrons. The summed E-state index contributed by atoms with van der Waals surface area (Å²) < 4.78 is 11.9. The monoisotopic (exact) mass is 531 g/mol. The van der Waals surface area contributed by atoms with E-state index >= 15 is 0 Å². The van der Waals surface area contributed by atoms with Gasteiger partial charge in [0, 0.05) is 17.7 Å². The van der Waals surface area contributed by atoms with Gasteiger partial charge in [0.25, 0.3) is 0 Å². The lowest BCUT2D eigenvalue weighted by Crippen LogP contribution is -2.21. The Morgan fingerprint density at radius 2 is 1.74 bits per heavy atom. The largest absolute Gasteiger partial charge is 0.496 e. The van der Waals surface area contributed by atoms with Gasteiger partial charge in [0.15, 0.2) is 0 Å². The lowest BCUT2D eigenvalue weighted by atomic mass is 9.84. The van der Waals surface area contributed by atoms with Crippen LogP contribution in [0.4, 0.5) is 5.69 Å². The van der Waals surface area contributed by atoms with Gasteiger partial charge in [-0.3, -0.25) is 4.79 Å². The third-order valence-corrected chi connectivity index (χ3v) is 7.09. The predicted molar refractivity (Wildman–Crippen MR) is 160 cm³/mol. The second kappa shape index (κ2) is 14.2. The van der Waals surface area contributed by atoms with E-state index in [0.29, 0.717) is 13.0 Å². The summed E-state index contributed by atoms with van der Waals surface area (Å²) in [6.45, 7) is 10.8. The minimum atomic E-state index is -0.612. The van der Waals surface area contributed by atoms with Crippen LogP contribution >= 0.6 is 0 Å². The number of methoxy groups -OCH3 is 1. The topological polar surface area (TPSA) is 67.8 Å². The standard InChI is InChI=1S/C34H45NO4/c1-7-8-10-15-27(21-33(37)35-31-20-26(24(2)36)16-18-30(31)34(3,4)5)29-22-28(17-19-32(29)38-6)39-23-25-13-11-9-12-14-25/h9,11-14,16-20,22,24,27,36H,7-8,10,15,21,23H2,1-6H3,(H,35,37). The molecule has 3 aromatic rings. The van der Waals surface area contributed by atoms with E-state index in [-0.39, 0.29) is 17.2 Å². The molecule has 39 heavy (non-hydrogen) atoms. The Morgan fingerprint density at radius 3 is 2.38 bits per heavy atom. The third-order valence-electron chi connectivity index (χ3n) is 7.09. The molecule has 2 atom stereocenters. The molecule has 2 unspecified atom stereocenters. The number of carbonyl (C=O) groups is 1. The summed E-state index contributed by atoms with van der Waals surface area (Å²) in [7, 11) is 1.67. The Bertz CT molecular complexity index is 1200. The van der Waals surface area contributed by atoms with E-state index in [1.54, 1.807) is 14.0 Å². The smallest absolute Gasteiger partial charge is 0.224 e. The molecule has 0 aliphatic rings. The Balaban J connectivity index is 1.86. The van der Waals surface area contributed by atoms with Crippen molar-refractivity contribution >= 4 is 11.6 Å². The summed E-state index contributed by atoms with van der Waals surface area (Å²) in [5, 5.41) is 13.3. The molecule has 0 spiro atoms. The van der Waals surface area contributed by atoms with Crippen LogP contribution in [0.2, 0.25) is 0 Å². The van der Waals surface area contributed by atoms with E-state index in [1.165, 1.54) is 0 Å². The Morgan fingerprint density at radius 1 is 1.00 bits per heavy atom. The number of anilines is 1. The highest BCUT2D eigenvalue weighted by atomic mass is 16.5. The zero-order chi connectivity index (χ0) is 28.4. The molecular formula is C34H45NO4. The quantitative estimate of drug-likeness (QED) is 0.218. The maximum absolute atomic E-state index is 13.5. The maximum atomic E-state index is 13.5. The highest BCUT2D eigenvalue weighted by Gasteiger charge is 2.24. The zero-order valence-electron chi connectivity index (χ0n) is 24.4. The number of aliphatic hydroxyl groups is 1. The second-order valence-corrected chi connectivity index (χ2v) is 11.4. The summed E-state index contributed by atoms with van der Waals surface area (Å²) >= 11 is 0. The first-order valence-electron chi connectivity index (χ1n) is 14.1. The van der Waals surface area contributed by atoms with Crippen LogP contribution < -0.4 is 14.8 Å². The second-order valence-electron chi connectivity index (χ2n) is 11.4. The molecule has 210 valence electrons.